The van der Waals surface area contributed by atoms with E-state index in [-0.39, 0.29) is 31.3 Å². The van der Waals surface area contributed by atoms with Gasteiger partial charge in [0.1, 0.15) is 6.61 Å². The fourth-order valence-corrected chi connectivity index (χ4v) is 1.77. The van der Waals surface area contributed by atoms with Crippen molar-refractivity contribution in [2.45, 2.75) is 19.4 Å². The molecular formula is C17H17NO3. The van der Waals surface area contributed by atoms with Gasteiger partial charge in [0.25, 0.3) is 0 Å². The monoisotopic (exact) mass is 283 g/mol. The summed E-state index contributed by atoms with van der Waals surface area (Å²) in [5, 5.41) is 2.72. The predicted octanol–water partition coefficient (Wildman–Crippen LogP) is 3.15. The smallest absolute Gasteiger partial charge is 0.306 e. The molecule has 0 aromatic heterocycles. The molecule has 0 aliphatic carbocycles. The standard InChI is InChI=1S/C17H17NO3/c19-16(18-15-9-5-2-6-10-15)11-12-17(20)21-13-14-7-3-1-4-8-14/h1-10H,11-13H2,(H,18,19). The molecule has 0 unspecified atom stereocenters. The largest absolute Gasteiger partial charge is 0.461 e. The van der Waals surface area contributed by atoms with Crippen LogP contribution in [-0.2, 0) is 20.9 Å². The van der Waals surface area contributed by atoms with Crippen molar-refractivity contribution in [2.75, 3.05) is 5.32 Å². The summed E-state index contributed by atoms with van der Waals surface area (Å²) in [4.78, 5) is 23.2. The van der Waals surface area contributed by atoms with Crippen molar-refractivity contribution in [3.8, 4) is 0 Å². The molecule has 1 amide bonds. The van der Waals surface area contributed by atoms with Crippen LogP contribution in [0.2, 0.25) is 0 Å². The van der Waals surface area contributed by atoms with E-state index < -0.39 is 0 Å². The first-order chi connectivity index (χ1) is 10.2. The predicted molar refractivity (Wildman–Crippen MR) is 80.5 cm³/mol. The third-order valence-corrected chi connectivity index (χ3v) is 2.86. The van der Waals surface area contributed by atoms with E-state index in [9.17, 15) is 9.59 Å². The average molecular weight is 283 g/mol. The fraction of sp³-hybridized carbons (Fsp3) is 0.176. The maximum absolute atomic E-state index is 11.7. The quantitative estimate of drug-likeness (QED) is 0.829. The number of benzene rings is 2. The van der Waals surface area contributed by atoms with Crippen LogP contribution in [0.1, 0.15) is 18.4 Å². The number of para-hydroxylation sites is 1. The minimum Gasteiger partial charge on any atom is -0.461 e. The van der Waals surface area contributed by atoms with Gasteiger partial charge in [0, 0.05) is 12.1 Å². The summed E-state index contributed by atoms with van der Waals surface area (Å²) in [5.74, 6) is -0.570. The number of nitrogens with one attached hydrogen (secondary N) is 1. The summed E-state index contributed by atoms with van der Waals surface area (Å²) in [6, 6.07) is 18.6. The molecule has 0 bridgehead atoms. The molecule has 21 heavy (non-hydrogen) atoms. The Balaban J connectivity index is 1.68. The first-order valence-electron chi connectivity index (χ1n) is 6.78. The Morgan fingerprint density at radius 1 is 0.857 bits per heavy atom. The van der Waals surface area contributed by atoms with Crippen molar-refractivity contribution in [1.82, 2.24) is 0 Å². The van der Waals surface area contributed by atoms with Crippen molar-refractivity contribution >= 4 is 17.6 Å². The molecule has 0 aliphatic rings. The van der Waals surface area contributed by atoms with Crippen molar-refractivity contribution in [1.29, 1.82) is 0 Å². The number of hydrogen-bond donors (Lipinski definition) is 1. The SMILES string of the molecule is O=C(CCC(=O)OCc1ccccc1)Nc1ccccc1. The maximum Gasteiger partial charge on any atom is 0.306 e. The van der Waals surface area contributed by atoms with Crippen LogP contribution in [0, 0.1) is 0 Å². The number of esters is 1. The Hall–Kier alpha value is -2.62. The van der Waals surface area contributed by atoms with Gasteiger partial charge in [0.15, 0.2) is 0 Å². The Morgan fingerprint density at radius 2 is 1.48 bits per heavy atom. The van der Waals surface area contributed by atoms with E-state index in [0.29, 0.717) is 0 Å². The van der Waals surface area contributed by atoms with E-state index in [0.717, 1.165) is 11.3 Å². The van der Waals surface area contributed by atoms with Gasteiger partial charge in [0.05, 0.1) is 6.42 Å². The van der Waals surface area contributed by atoms with E-state index in [1.165, 1.54) is 0 Å². The highest BCUT2D eigenvalue weighted by Crippen LogP contribution is 2.07. The minimum atomic E-state index is -0.373. The van der Waals surface area contributed by atoms with Crippen LogP contribution in [0.25, 0.3) is 0 Å². The number of carbonyl (C=O) groups is 2. The molecule has 108 valence electrons. The lowest BCUT2D eigenvalue weighted by Gasteiger charge is -2.06. The highest BCUT2D eigenvalue weighted by Gasteiger charge is 2.08. The third kappa shape index (κ3) is 5.48. The van der Waals surface area contributed by atoms with Gasteiger partial charge in [-0.2, -0.15) is 0 Å². The Morgan fingerprint density at radius 3 is 2.14 bits per heavy atom. The second-order valence-corrected chi connectivity index (χ2v) is 4.56. The number of amides is 1. The molecule has 2 rings (SSSR count). The van der Waals surface area contributed by atoms with Crippen LogP contribution in [-0.4, -0.2) is 11.9 Å². The summed E-state index contributed by atoms with van der Waals surface area (Å²) in [6.07, 6.45) is 0.189. The summed E-state index contributed by atoms with van der Waals surface area (Å²) < 4.78 is 5.11. The molecule has 0 atom stereocenters. The zero-order valence-electron chi connectivity index (χ0n) is 11.6. The molecule has 0 saturated carbocycles. The van der Waals surface area contributed by atoms with Crippen molar-refractivity contribution in [3.05, 3.63) is 66.2 Å². The van der Waals surface area contributed by atoms with E-state index in [4.69, 9.17) is 4.74 Å². The third-order valence-electron chi connectivity index (χ3n) is 2.86. The number of ether oxygens (including phenoxy) is 1. The van der Waals surface area contributed by atoms with Crippen LogP contribution < -0.4 is 5.32 Å². The average Bonchev–Trinajstić information content (AvgIpc) is 2.53. The van der Waals surface area contributed by atoms with E-state index in [2.05, 4.69) is 5.32 Å². The van der Waals surface area contributed by atoms with Gasteiger partial charge in [-0.15, -0.1) is 0 Å². The molecular weight excluding hydrogens is 266 g/mol. The molecule has 2 aromatic rings. The molecule has 4 nitrogen and oxygen atoms in total. The fourth-order valence-electron chi connectivity index (χ4n) is 1.77. The maximum atomic E-state index is 11.7. The number of carbonyl (C=O) groups excluding carboxylic acids is 2. The number of rotatable bonds is 6. The molecule has 0 heterocycles. The summed E-state index contributed by atoms with van der Waals surface area (Å²) >= 11 is 0. The normalized spacial score (nSPS) is 9.90. The van der Waals surface area contributed by atoms with Gasteiger partial charge in [-0.1, -0.05) is 48.5 Å². The minimum absolute atomic E-state index is 0.0749. The molecule has 0 spiro atoms. The van der Waals surface area contributed by atoms with Gasteiger partial charge in [-0.25, -0.2) is 0 Å². The molecule has 0 fully saturated rings. The number of hydrogen-bond acceptors (Lipinski definition) is 3. The summed E-state index contributed by atoms with van der Waals surface area (Å²) in [7, 11) is 0. The lowest BCUT2D eigenvalue weighted by Crippen LogP contribution is -2.14. The Kier molecular flexibility index (Phi) is 5.52. The van der Waals surface area contributed by atoms with Gasteiger partial charge in [-0.3, -0.25) is 9.59 Å². The second kappa shape index (κ2) is 7.85. The molecule has 2 aromatic carbocycles. The lowest BCUT2D eigenvalue weighted by molar-refractivity contribution is -0.145. The van der Waals surface area contributed by atoms with Crippen molar-refractivity contribution < 1.29 is 14.3 Å². The van der Waals surface area contributed by atoms with Crippen LogP contribution in [0.15, 0.2) is 60.7 Å². The molecule has 0 aliphatic heterocycles. The van der Waals surface area contributed by atoms with Crippen molar-refractivity contribution in [2.24, 2.45) is 0 Å². The van der Waals surface area contributed by atoms with Gasteiger partial charge < -0.3 is 10.1 Å². The van der Waals surface area contributed by atoms with E-state index in [1.54, 1.807) is 12.1 Å². The van der Waals surface area contributed by atoms with Gasteiger partial charge in [0.2, 0.25) is 5.91 Å². The van der Waals surface area contributed by atoms with Crippen LogP contribution in [0.3, 0.4) is 0 Å². The summed E-state index contributed by atoms with van der Waals surface area (Å²) in [6.45, 7) is 0.236. The molecule has 4 heteroatoms. The second-order valence-electron chi connectivity index (χ2n) is 4.56. The zero-order valence-corrected chi connectivity index (χ0v) is 11.6. The molecule has 0 radical (unpaired) electrons. The Bertz CT molecular complexity index is 581. The van der Waals surface area contributed by atoms with E-state index >= 15 is 0 Å². The first-order valence-corrected chi connectivity index (χ1v) is 6.78. The van der Waals surface area contributed by atoms with Crippen LogP contribution in [0.4, 0.5) is 5.69 Å². The highest BCUT2D eigenvalue weighted by atomic mass is 16.5. The van der Waals surface area contributed by atoms with E-state index in [1.807, 2.05) is 48.5 Å². The van der Waals surface area contributed by atoms with Crippen LogP contribution >= 0.6 is 0 Å². The molecule has 1 N–H and O–H groups in total. The van der Waals surface area contributed by atoms with Gasteiger partial charge in [-0.05, 0) is 17.7 Å². The van der Waals surface area contributed by atoms with Crippen molar-refractivity contribution in [3.63, 3.8) is 0 Å². The zero-order chi connectivity index (χ0) is 14.9. The van der Waals surface area contributed by atoms with Gasteiger partial charge >= 0.3 is 5.97 Å². The number of anilines is 1. The summed E-state index contributed by atoms with van der Waals surface area (Å²) in [5.41, 5.74) is 1.65. The molecule has 0 saturated heterocycles. The van der Waals surface area contributed by atoms with Crippen LogP contribution in [0.5, 0.6) is 0 Å². The topological polar surface area (TPSA) is 55.4 Å². The highest BCUT2D eigenvalue weighted by molar-refractivity contribution is 5.92. The lowest BCUT2D eigenvalue weighted by atomic mass is 10.2. The Labute approximate surface area is 123 Å². The first kappa shape index (κ1) is 14.8.